The molecule has 4 aromatic rings. The SMILES string of the molecule is CNCc1c(C)cc(N)nc1C.O=Cc1coc(Cc2ccc3ncc(Cl)cc3c2)n1. The van der Waals surface area contributed by atoms with Crippen LogP contribution in [0, 0.1) is 13.8 Å². The van der Waals surface area contributed by atoms with Crippen molar-refractivity contribution in [2.45, 2.75) is 26.8 Å². The van der Waals surface area contributed by atoms with E-state index in [1.54, 1.807) is 6.20 Å². The normalized spacial score (nSPS) is 10.6. The maximum atomic E-state index is 10.5. The molecule has 0 unspecified atom stereocenters. The lowest BCUT2D eigenvalue weighted by molar-refractivity contribution is 0.111. The highest BCUT2D eigenvalue weighted by Crippen LogP contribution is 2.20. The topological polar surface area (TPSA) is 107 Å². The molecule has 0 spiro atoms. The number of pyridine rings is 2. The zero-order valence-corrected chi connectivity index (χ0v) is 18.4. The second-order valence-electron chi connectivity index (χ2n) is 7.10. The van der Waals surface area contributed by atoms with E-state index in [9.17, 15) is 4.79 Å². The highest BCUT2D eigenvalue weighted by molar-refractivity contribution is 6.31. The number of hydrogen-bond donors (Lipinski definition) is 2. The molecule has 0 aliphatic carbocycles. The number of nitrogen functional groups attached to an aromatic ring is 1. The van der Waals surface area contributed by atoms with Gasteiger partial charge in [0.25, 0.3) is 0 Å². The number of benzene rings is 1. The minimum atomic E-state index is 0.306. The summed E-state index contributed by atoms with van der Waals surface area (Å²) in [7, 11) is 1.93. The van der Waals surface area contributed by atoms with Gasteiger partial charge in [-0.15, -0.1) is 0 Å². The van der Waals surface area contributed by atoms with E-state index in [1.165, 1.54) is 17.4 Å². The van der Waals surface area contributed by atoms with Crippen LogP contribution in [0.5, 0.6) is 0 Å². The molecule has 0 atom stereocenters. The molecule has 0 aliphatic heterocycles. The highest BCUT2D eigenvalue weighted by Gasteiger charge is 2.06. The number of halogens is 1. The number of carbonyl (C=O) groups excluding carboxylic acids is 1. The van der Waals surface area contributed by atoms with Gasteiger partial charge in [-0.1, -0.05) is 17.7 Å². The van der Waals surface area contributed by atoms with Gasteiger partial charge in [-0.3, -0.25) is 9.78 Å². The van der Waals surface area contributed by atoms with Crippen molar-refractivity contribution in [3.05, 3.63) is 81.8 Å². The average molecular weight is 438 g/mol. The Morgan fingerprint density at radius 3 is 2.68 bits per heavy atom. The van der Waals surface area contributed by atoms with Crippen molar-refractivity contribution in [1.29, 1.82) is 0 Å². The van der Waals surface area contributed by atoms with Gasteiger partial charge < -0.3 is 15.5 Å². The van der Waals surface area contributed by atoms with Gasteiger partial charge in [0, 0.05) is 30.2 Å². The van der Waals surface area contributed by atoms with Crippen LogP contribution in [0.25, 0.3) is 10.9 Å². The molecule has 4 rings (SSSR count). The minimum Gasteiger partial charge on any atom is -0.448 e. The summed E-state index contributed by atoms with van der Waals surface area (Å²) in [6.45, 7) is 4.89. The van der Waals surface area contributed by atoms with Crippen LogP contribution in [0.2, 0.25) is 5.02 Å². The second kappa shape index (κ2) is 10.1. The maximum absolute atomic E-state index is 10.5. The van der Waals surface area contributed by atoms with Crippen LogP contribution in [0.3, 0.4) is 0 Å². The van der Waals surface area contributed by atoms with E-state index in [0.29, 0.717) is 35.1 Å². The Balaban J connectivity index is 0.000000196. The van der Waals surface area contributed by atoms with Crippen LogP contribution in [-0.4, -0.2) is 28.3 Å². The van der Waals surface area contributed by atoms with Crippen molar-refractivity contribution >= 4 is 34.6 Å². The van der Waals surface area contributed by atoms with Crippen LogP contribution in [0.4, 0.5) is 5.82 Å². The predicted molar refractivity (Wildman–Crippen MR) is 122 cm³/mol. The van der Waals surface area contributed by atoms with E-state index in [2.05, 4.69) is 27.2 Å². The molecule has 3 N–H and O–H groups in total. The number of aryl methyl sites for hydroxylation is 2. The molecule has 0 bridgehead atoms. The van der Waals surface area contributed by atoms with Gasteiger partial charge >= 0.3 is 0 Å². The van der Waals surface area contributed by atoms with Crippen molar-refractivity contribution in [2.24, 2.45) is 0 Å². The summed E-state index contributed by atoms with van der Waals surface area (Å²) in [5, 5.41) is 4.67. The van der Waals surface area contributed by atoms with Gasteiger partial charge in [0.2, 0.25) is 0 Å². The van der Waals surface area contributed by atoms with E-state index < -0.39 is 0 Å². The second-order valence-corrected chi connectivity index (χ2v) is 7.54. The van der Waals surface area contributed by atoms with Gasteiger partial charge in [0.05, 0.1) is 10.5 Å². The number of aromatic nitrogens is 3. The Bertz CT molecular complexity index is 1180. The molecule has 31 heavy (non-hydrogen) atoms. The Labute approximate surface area is 185 Å². The largest absolute Gasteiger partial charge is 0.448 e. The van der Waals surface area contributed by atoms with E-state index in [-0.39, 0.29) is 0 Å². The lowest BCUT2D eigenvalue weighted by atomic mass is 10.1. The molecule has 160 valence electrons. The molecule has 3 heterocycles. The first-order valence-electron chi connectivity index (χ1n) is 9.70. The predicted octanol–water partition coefficient (Wildman–Crippen LogP) is 4.28. The summed E-state index contributed by atoms with van der Waals surface area (Å²) in [6, 6.07) is 9.62. The zero-order valence-electron chi connectivity index (χ0n) is 17.6. The van der Waals surface area contributed by atoms with Crippen LogP contribution in [-0.2, 0) is 13.0 Å². The van der Waals surface area contributed by atoms with E-state index >= 15 is 0 Å². The number of rotatable bonds is 5. The molecule has 0 aliphatic rings. The number of nitrogens with one attached hydrogen (secondary N) is 1. The standard InChI is InChI=1S/C14H9ClN2O2.C9H15N3/c15-11-5-10-3-9(1-2-13(10)16-6-11)4-14-17-12(7-18)8-19-14;1-6-4-9(10)12-7(2)8(6)5-11-3/h1-3,5-8H,4H2;4,11H,5H2,1-3H3,(H2,10,12). The summed E-state index contributed by atoms with van der Waals surface area (Å²) in [6.07, 6.45) is 4.16. The number of fused-ring (bicyclic) bond motifs is 1. The van der Waals surface area contributed by atoms with E-state index in [0.717, 1.165) is 28.7 Å². The fourth-order valence-corrected chi connectivity index (χ4v) is 3.40. The molecule has 8 heteroatoms. The smallest absolute Gasteiger partial charge is 0.199 e. The zero-order chi connectivity index (χ0) is 22.4. The molecule has 0 saturated heterocycles. The van der Waals surface area contributed by atoms with E-state index in [4.69, 9.17) is 21.8 Å². The van der Waals surface area contributed by atoms with Crippen molar-refractivity contribution in [1.82, 2.24) is 20.3 Å². The molecule has 0 saturated carbocycles. The number of nitrogens with two attached hydrogens (primary N) is 1. The Kier molecular flexibility index (Phi) is 7.33. The maximum Gasteiger partial charge on any atom is 0.199 e. The summed E-state index contributed by atoms with van der Waals surface area (Å²) in [5.74, 6) is 1.11. The summed E-state index contributed by atoms with van der Waals surface area (Å²) in [5.41, 5.74) is 11.3. The van der Waals surface area contributed by atoms with Crippen LogP contribution in [0.1, 0.15) is 38.8 Å². The molecule has 0 amide bonds. The molecule has 1 aromatic carbocycles. The fourth-order valence-electron chi connectivity index (χ4n) is 3.23. The highest BCUT2D eigenvalue weighted by atomic mass is 35.5. The van der Waals surface area contributed by atoms with Gasteiger partial charge in [-0.2, -0.15) is 0 Å². The quantitative estimate of drug-likeness (QED) is 0.448. The minimum absolute atomic E-state index is 0.306. The first kappa shape index (κ1) is 22.4. The first-order chi connectivity index (χ1) is 14.9. The van der Waals surface area contributed by atoms with Gasteiger partial charge in [0.15, 0.2) is 12.2 Å². The Hall–Kier alpha value is -3.29. The van der Waals surface area contributed by atoms with Crippen molar-refractivity contribution in [3.63, 3.8) is 0 Å². The van der Waals surface area contributed by atoms with Crippen LogP contribution in [0.15, 0.2) is 47.2 Å². The van der Waals surface area contributed by atoms with Gasteiger partial charge in [0.1, 0.15) is 17.8 Å². The molecule has 0 radical (unpaired) electrons. The molecular weight excluding hydrogens is 414 g/mol. The number of aldehydes is 1. The first-order valence-corrected chi connectivity index (χ1v) is 10.1. The molecule has 3 aromatic heterocycles. The third-order valence-electron chi connectivity index (χ3n) is 4.69. The number of oxazole rings is 1. The number of hydrogen-bond acceptors (Lipinski definition) is 7. The third kappa shape index (κ3) is 5.87. The molecule has 7 nitrogen and oxygen atoms in total. The lowest BCUT2D eigenvalue weighted by Gasteiger charge is -2.08. The lowest BCUT2D eigenvalue weighted by Crippen LogP contribution is -2.10. The summed E-state index contributed by atoms with van der Waals surface area (Å²) < 4.78 is 5.21. The Morgan fingerprint density at radius 2 is 2.00 bits per heavy atom. The number of anilines is 1. The molecule has 0 fully saturated rings. The molecular formula is C23H24ClN5O2. The van der Waals surface area contributed by atoms with Crippen LogP contribution >= 0.6 is 11.6 Å². The van der Waals surface area contributed by atoms with Crippen LogP contribution < -0.4 is 11.1 Å². The monoisotopic (exact) mass is 437 g/mol. The third-order valence-corrected chi connectivity index (χ3v) is 4.89. The van der Waals surface area contributed by atoms with Gasteiger partial charge in [-0.05, 0) is 61.9 Å². The Morgan fingerprint density at radius 1 is 1.19 bits per heavy atom. The fraction of sp³-hybridized carbons (Fsp3) is 0.217. The van der Waals surface area contributed by atoms with Crippen molar-refractivity contribution in [3.8, 4) is 0 Å². The van der Waals surface area contributed by atoms with Gasteiger partial charge in [-0.25, -0.2) is 9.97 Å². The number of nitrogens with zero attached hydrogens (tertiary/aromatic N) is 3. The summed E-state index contributed by atoms with van der Waals surface area (Å²) in [4.78, 5) is 23.0. The van der Waals surface area contributed by atoms with Crippen molar-refractivity contribution < 1.29 is 9.21 Å². The van der Waals surface area contributed by atoms with E-state index in [1.807, 2.05) is 44.3 Å². The summed E-state index contributed by atoms with van der Waals surface area (Å²) >= 11 is 5.92. The number of carbonyl (C=O) groups is 1. The van der Waals surface area contributed by atoms with Crippen molar-refractivity contribution in [2.75, 3.05) is 12.8 Å². The average Bonchev–Trinajstić information content (AvgIpc) is 3.18.